The number of nitrogens with zero attached hydrogens (tertiary/aromatic N) is 1. The van der Waals surface area contributed by atoms with Crippen LogP contribution in [0.2, 0.25) is 0 Å². The van der Waals surface area contributed by atoms with Crippen LogP contribution in [-0.4, -0.2) is 17.2 Å². The minimum absolute atomic E-state index is 0.139. The highest BCUT2D eigenvalue weighted by molar-refractivity contribution is 5.76. The molecule has 1 saturated carbocycles. The van der Waals surface area contributed by atoms with Gasteiger partial charge in [-0.1, -0.05) is 13.3 Å². The third-order valence-electron chi connectivity index (χ3n) is 2.83. The fourth-order valence-electron chi connectivity index (χ4n) is 1.91. The molecule has 1 aliphatic rings. The lowest BCUT2D eigenvalue weighted by atomic mass is 9.85. The van der Waals surface area contributed by atoms with Gasteiger partial charge in [-0.2, -0.15) is 0 Å². The van der Waals surface area contributed by atoms with E-state index in [2.05, 4.69) is 11.9 Å². The molecule has 76 valence electrons. The molecule has 0 aromatic rings. The van der Waals surface area contributed by atoms with Crippen molar-refractivity contribution in [1.82, 2.24) is 5.48 Å². The zero-order valence-corrected chi connectivity index (χ0v) is 8.16. The number of rotatable bonds is 2. The number of hydrogen-bond acceptors (Lipinski definition) is 2. The average Bonchev–Trinajstić information content (AvgIpc) is 2.19. The Morgan fingerprint density at radius 3 is 2.54 bits per heavy atom. The molecule has 0 unspecified atom stereocenters. The Balaban J connectivity index is 2.32. The zero-order chi connectivity index (χ0) is 9.68. The third kappa shape index (κ3) is 3.22. The number of nitrogens with two attached hydrogens (primary N) is 1. The second-order valence-corrected chi connectivity index (χ2v) is 3.71. The van der Waals surface area contributed by atoms with E-state index in [-0.39, 0.29) is 5.96 Å². The summed E-state index contributed by atoms with van der Waals surface area (Å²) in [6.07, 6.45) is 5.94. The summed E-state index contributed by atoms with van der Waals surface area (Å²) in [7, 11) is 0. The van der Waals surface area contributed by atoms with Crippen LogP contribution in [0, 0.1) is 5.92 Å². The molecular formula is C9H19N3O. The molecule has 0 aliphatic heterocycles. The van der Waals surface area contributed by atoms with Crippen LogP contribution in [0.4, 0.5) is 0 Å². The molecule has 13 heavy (non-hydrogen) atoms. The van der Waals surface area contributed by atoms with Crippen molar-refractivity contribution in [1.29, 1.82) is 0 Å². The number of aliphatic imine (C=N–C) groups is 1. The highest BCUT2D eigenvalue weighted by Crippen LogP contribution is 2.27. The topological polar surface area (TPSA) is 70.6 Å². The Kier molecular flexibility index (Phi) is 4.02. The first-order chi connectivity index (χ1) is 6.26. The Bertz CT molecular complexity index is 174. The molecule has 0 aromatic carbocycles. The van der Waals surface area contributed by atoms with Gasteiger partial charge in [-0.05, 0) is 31.6 Å². The summed E-state index contributed by atoms with van der Waals surface area (Å²) in [5.74, 6) is 1.01. The van der Waals surface area contributed by atoms with Crippen LogP contribution in [0.3, 0.4) is 0 Å². The van der Waals surface area contributed by atoms with Gasteiger partial charge in [-0.15, -0.1) is 0 Å². The second kappa shape index (κ2) is 5.07. The first-order valence-electron chi connectivity index (χ1n) is 4.99. The molecule has 0 spiro atoms. The average molecular weight is 185 g/mol. The van der Waals surface area contributed by atoms with Crippen molar-refractivity contribution in [2.24, 2.45) is 16.6 Å². The van der Waals surface area contributed by atoms with Crippen molar-refractivity contribution in [2.45, 2.75) is 45.1 Å². The predicted molar refractivity (Wildman–Crippen MR) is 52.6 cm³/mol. The molecule has 4 heteroatoms. The molecule has 4 N–H and O–H groups in total. The molecule has 1 aliphatic carbocycles. The van der Waals surface area contributed by atoms with Crippen LogP contribution in [0.1, 0.15) is 39.0 Å². The number of hydroxylamine groups is 1. The van der Waals surface area contributed by atoms with Crippen molar-refractivity contribution < 1.29 is 5.21 Å². The molecule has 1 fully saturated rings. The van der Waals surface area contributed by atoms with E-state index in [1.807, 2.05) is 5.48 Å². The fourth-order valence-corrected chi connectivity index (χ4v) is 1.91. The monoisotopic (exact) mass is 185 g/mol. The molecule has 0 aromatic heterocycles. The quantitative estimate of drug-likeness (QED) is 0.344. The summed E-state index contributed by atoms with van der Waals surface area (Å²) in [4.78, 5) is 4.16. The molecule has 0 amide bonds. The van der Waals surface area contributed by atoms with E-state index in [0.29, 0.717) is 6.04 Å². The van der Waals surface area contributed by atoms with Crippen LogP contribution in [0.15, 0.2) is 4.99 Å². The lowest BCUT2D eigenvalue weighted by Gasteiger charge is -2.25. The van der Waals surface area contributed by atoms with Crippen molar-refractivity contribution in [3.8, 4) is 0 Å². The maximum atomic E-state index is 8.46. The summed E-state index contributed by atoms with van der Waals surface area (Å²) in [6, 6.07) is 0.308. The van der Waals surface area contributed by atoms with Gasteiger partial charge in [-0.3, -0.25) is 5.21 Å². The Hall–Kier alpha value is -0.770. The van der Waals surface area contributed by atoms with Gasteiger partial charge in [0.05, 0.1) is 6.04 Å². The molecule has 4 nitrogen and oxygen atoms in total. The van der Waals surface area contributed by atoms with Gasteiger partial charge in [0.15, 0.2) is 0 Å². The second-order valence-electron chi connectivity index (χ2n) is 3.71. The minimum atomic E-state index is 0.139. The standard InChI is InChI=1S/C9H19N3O/c1-2-7-3-5-8(6-4-7)11-9(10)12-13/h7-8,13H,2-6H2,1H3,(H3,10,11,12). The van der Waals surface area contributed by atoms with E-state index in [4.69, 9.17) is 10.9 Å². The number of hydrogen-bond donors (Lipinski definition) is 3. The van der Waals surface area contributed by atoms with E-state index in [1.54, 1.807) is 0 Å². The maximum absolute atomic E-state index is 8.46. The smallest absolute Gasteiger partial charge is 0.213 e. The van der Waals surface area contributed by atoms with Gasteiger partial charge < -0.3 is 5.73 Å². The Morgan fingerprint density at radius 1 is 1.46 bits per heavy atom. The van der Waals surface area contributed by atoms with Gasteiger partial charge >= 0.3 is 0 Å². The van der Waals surface area contributed by atoms with Gasteiger partial charge in [0.1, 0.15) is 0 Å². The molecular weight excluding hydrogens is 166 g/mol. The van der Waals surface area contributed by atoms with Crippen LogP contribution >= 0.6 is 0 Å². The molecule has 0 radical (unpaired) electrons. The van der Waals surface area contributed by atoms with Crippen LogP contribution in [-0.2, 0) is 0 Å². The lowest BCUT2D eigenvalue weighted by molar-refractivity contribution is 0.230. The molecule has 0 saturated heterocycles. The van der Waals surface area contributed by atoms with Gasteiger partial charge in [0, 0.05) is 0 Å². The van der Waals surface area contributed by atoms with Crippen LogP contribution < -0.4 is 11.2 Å². The van der Waals surface area contributed by atoms with Crippen molar-refractivity contribution in [3.63, 3.8) is 0 Å². The van der Waals surface area contributed by atoms with Gasteiger partial charge in [-0.25, -0.2) is 10.5 Å². The fraction of sp³-hybridized carbons (Fsp3) is 0.889. The summed E-state index contributed by atoms with van der Waals surface area (Å²) in [5.41, 5.74) is 7.23. The Morgan fingerprint density at radius 2 is 2.08 bits per heavy atom. The van der Waals surface area contributed by atoms with Crippen LogP contribution in [0.5, 0.6) is 0 Å². The summed E-state index contributed by atoms with van der Waals surface area (Å²) < 4.78 is 0. The number of guanidine groups is 1. The highest BCUT2D eigenvalue weighted by atomic mass is 16.5. The molecule has 0 atom stereocenters. The largest absolute Gasteiger partial charge is 0.368 e. The van der Waals surface area contributed by atoms with Crippen molar-refractivity contribution in [3.05, 3.63) is 0 Å². The SMILES string of the molecule is CCC1CCC(N=C(N)NO)CC1. The first kappa shape index (κ1) is 10.3. The molecule has 1 rings (SSSR count). The van der Waals surface area contributed by atoms with E-state index in [0.717, 1.165) is 18.8 Å². The van der Waals surface area contributed by atoms with Crippen LogP contribution in [0.25, 0.3) is 0 Å². The highest BCUT2D eigenvalue weighted by Gasteiger charge is 2.19. The molecule has 0 bridgehead atoms. The molecule has 0 heterocycles. The van der Waals surface area contributed by atoms with E-state index < -0.39 is 0 Å². The normalized spacial score (nSPS) is 30.2. The van der Waals surface area contributed by atoms with Gasteiger partial charge in [0.2, 0.25) is 5.96 Å². The van der Waals surface area contributed by atoms with Gasteiger partial charge in [0.25, 0.3) is 0 Å². The summed E-state index contributed by atoms with van der Waals surface area (Å²) in [6.45, 7) is 2.23. The zero-order valence-electron chi connectivity index (χ0n) is 8.16. The van der Waals surface area contributed by atoms with Crippen molar-refractivity contribution in [2.75, 3.05) is 0 Å². The Labute approximate surface area is 79.2 Å². The number of nitrogens with one attached hydrogen (secondary N) is 1. The third-order valence-corrected chi connectivity index (χ3v) is 2.83. The van der Waals surface area contributed by atoms with E-state index in [9.17, 15) is 0 Å². The van der Waals surface area contributed by atoms with E-state index >= 15 is 0 Å². The van der Waals surface area contributed by atoms with Crippen molar-refractivity contribution >= 4 is 5.96 Å². The first-order valence-corrected chi connectivity index (χ1v) is 4.99. The lowest BCUT2D eigenvalue weighted by Crippen LogP contribution is -2.31. The predicted octanol–water partition coefficient (Wildman–Crippen LogP) is 1.25. The van der Waals surface area contributed by atoms with E-state index in [1.165, 1.54) is 19.3 Å². The minimum Gasteiger partial charge on any atom is -0.368 e. The summed E-state index contributed by atoms with van der Waals surface area (Å²) in [5, 5.41) is 8.46. The summed E-state index contributed by atoms with van der Waals surface area (Å²) >= 11 is 0. The maximum Gasteiger partial charge on any atom is 0.213 e.